The van der Waals surface area contributed by atoms with Gasteiger partial charge in [0.15, 0.2) is 0 Å². The van der Waals surface area contributed by atoms with Gasteiger partial charge >= 0.3 is 37.2 Å². The Labute approximate surface area is 185 Å². The van der Waals surface area contributed by atoms with Crippen LogP contribution < -0.4 is 0 Å². The molecule has 0 radical (unpaired) electrons. The van der Waals surface area contributed by atoms with E-state index in [4.69, 9.17) is 0 Å². The Morgan fingerprint density at radius 2 is 1.32 bits per heavy atom. The summed E-state index contributed by atoms with van der Waals surface area (Å²) < 4.78 is 128. The van der Waals surface area contributed by atoms with Crippen LogP contribution in [-0.2, 0) is 43.2 Å². The van der Waals surface area contributed by atoms with Gasteiger partial charge in [-0.3, -0.25) is 9.59 Å². The molecule has 2 saturated heterocycles. The normalized spacial score (nSPS) is 38.0. The lowest BCUT2D eigenvalue weighted by Crippen LogP contribution is -2.50. The molecule has 7 unspecified atom stereocenters. The third-order valence-electron chi connectivity index (χ3n) is 6.14. The Morgan fingerprint density at radius 3 is 1.82 bits per heavy atom. The summed E-state index contributed by atoms with van der Waals surface area (Å²) in [5.74, 6) is -14.0. The maximum Gasteiger partial charge on any atom is 0.528 e. The van der Waals surface area contributed by atoms with E-state index in [1.54, 1.807) is 0 Å². The molecule has 1 saturated carbocycles. The minimum Gasteiger partial charge on any atom is -0.590 e. The third-order valence-corrected chi connectivity index (χ3v) is 8.06. The summed E-state index contributed by atoms with van der Waals surface area (Å²) in [5, 5.41) is 12.1. The monoisotopic (exact) mass is 544 g/mol. The maximum absolute atomic E-state index is 12.7. The van der Waals surface area contributed by atoms with Crippen molar-refractivity contribution in [3.63, 3.8) is 0 Å². The molecule has 2 heterocycles. The van der Waals surface area contributed by atoms with Crippen LogP contribution in [0.3, 0.4) is 0 Å². The number of nitrogens with zero attached hydrogens (tertiary/aromatic N) is 2. The molecule has 0 spiro atoms. The van der Waals surface area contributed by atoms with Crippen LogP contribution in [0.2, 0.25) is 0 Å². The topological polar surface area (TPSA) is 164 Å². The third kappa shape index (κ3) is 3.30. The highest BCUT2D eigenvalue weighted by atomic mass is 32.2. The van der Waals surface area contributed by atoms with Gasteiger partial charge in [-0.05, 0) is 5.92 Å². The lowest BCUT2D eigenvalue weighted by atomic mass is 9.54. The minimum atomic E-state index is -6.53. The molecule has 0 aromatic carbocycles. The number of hydrogen-bond donors (Lipinski definition) is 0. The van der Waals surface area contributed by atoms with Crippen LogP contribution in [-0.4, -0.2) is 62.0 Å². The van der Waals surface area contributed by atoms with Gasteiger partial charge in [0.1, 0.15) is 6.54 Å². The summed E-state index contributed by atoms with van der Waals surface area (Å²) in [5.41, 5.74) is -12.0. The number of carbonyl (C=O) groups is 3. The van der Waals surface area contributed by atoms with E-state index in [1.165, 1.54) is 6.08 Å². The second-order valence-electron chi connectivity index (χ2n) is 7.89. The molecule has 5 rings (SSSR count). The summed E-state index contributed by atoms with van der Waals surface area (Å²) in [7, 11) is -13.0. The van der Waals surface area contributed by atoms with Gasteiger partial charge in [-0.2, -0.15) is 43.2 Å². The highest BCUT2D eigenvalue weighted by molar-refractivity contribution is 7.87. The summed E-state index contributed by atoms with van der Waals surface area (Å²) in [4.78, 5) is 34.9. The second-order valence-corrected chi connectivity index (χ2v) is 10.9. The first kappa shape index (κ1) is 25.0. The van der Waals surface area contributed by atoms with Crippen LogP contribution >= 0.6 is 0 Å². The molecule has 2 bridgehead atoms. The lowest BCUT2D eigenvalue weighted by Gasteiger charge is -2.43. The maximum atomic E-state index is 12.7. The first-order valence-corrected chi connectivity index (χ1v) is 11.8. The van der Waals surface area contributed by atoms with E-state index in [-0.39, 0.29) is 0 Å². The molecule has 0 N–H and O–H groups in total. The molecule has 20 heteroatoms. The van der Waals surface area contributed by atoms with E-state index in [2.05, 4.69) is 8.57 Å². The smallest absolute Gasteiger partial charge is 0.528 e. The first-order valence-electron chi connectivity index (χ1n) is 8.96. The molecule has 3 aliphatic carbocycles. The van der Waals surface area contributed by atoms with E-state index >= 15 is 0 Å². The summed E-state index contributed by atoms with van der Waals surface area (Å²) in [6.45, 7) is -1.23. The SMILES string of the molecule is O=C1C2C3C=CC(C4C(=O)[N+]([O-])(OS(=O)(=O)C(F)(F)F)CC34)C2C(=O)N1OS(=O)(=O)C(F)(F)F. The Morgan fingerprint density at radius 1 is 0.853 bits per heavy atom. The quantitative estimate of drug-likeness (QED) is 0.118. The highest BCUT2D eigenvalue weighted by Gasteiger charge is 2.72. The van der Waals surface area contributed by atoms with Crippen molar-refractivity contribution in [2.24, 2.45) is 35.5 Å². The van der Waals surface area contributed by atoms with Gasteiger partial charge in [0.25, 0.3) is 11.8 Å². The summed E-state index contributed by atoms with van der Waals surface area (Å²) in [6.07, 6.45) is 2.30. The molecule has 2 aliphatic heterocycles. The van der Waals surface area contributed by atoms with Crippen molar-refractivity contribution >= 4 is 38.0 Å². The number of rotatable bonds is 4. The molecule has 0 aromatic heterocycles. The number of allylic oxidation sites excluding steroid dienone is 2. The number of alkyl halides is 6. The van der Waals surface area contributed by atoms with Gasteiger partial charge in [-0.15, -0.1) is 14.2 Å². The van der Waals surface area contributed by atoms with Crippen LogP contribution in [0.5, 0.6) is 0 Å². The molecule has 12 nitrogen and oxygen atoms in total. The van der Waals surface area contributed by atoms with Crippen molar-refractivity contribution in [1.82, 2.24) is 5.06 Å². The van der Waals surface area contributed by atoms with E-state index in [0.717, 1.165) is 6.08 Å². The van der Waals surface area contributed by atoms with Crippen LogP contribution in [0.15, 0.2) is 12.2 Å². The molecular weight excluding hydrogens is 534 g/mol. The predicted molar refractivity (Wildman–Crippen MR) is 87.6 cm³/mol. The Kier molecular flexibility index (Phi) is 5.12. The van der Waals surface area contributed by atoms with Crippen molar-refractivity contribution in [2.45, 2.75) is 11.0 Å². The molecule has 34 heavy (non-hydrogen) atoms. The van der Waals surface area contributed by atoms with Gasteiger partial charge in [-0.25, -0.2) is 4.79 Å². The van der Waals surface area contributed by atoms with Gasteiger partial charge in [0.05, 0.1) is 17.8 Å². The van der Waals surface area contributed by atoms with Crippen molar-refractivity contribution in [1.29, 1.82) is 0 Å². The molecule has 0 aromatic rings. The number of imide groups is 1. The van der Waals surface area contributed by atoms with Gasteiger partial charge in [0.2, 0.25) is 0 Å². The Bertz CT molecular complexity index is 1230. The summed E-state index contributed by atoms with van der Waals surface area (Å²) in [6, 6.07) is 0. The standard InChI is InChI=1S/C14H10F6N2O10S2/c15-13(16,17)33(27,28)31-21-10(23)8-4-1-2-5(9(8)11(21)24)7-6(4)3-22(26,12(7)25)32-34(29,30)14(18,19)20/h1-2,4-9H,3H2. The van der Waals surface area contributed by atoms with E-state index in [0.29, 0.717) is 0 Å². The number of quaternary nitrogens is 1. The average Bonchev–Trinajstić information content (AvgIpc) is 3.07. The average molecular weight is 544 g/mol. The second kappa shape index (κ2) is 6.97. The van der Waals surface area contributed by atoms with Crippen LogP contribution in [0, 0.1) is 40.7 Å². The molecule has 3 fully saturated rings. The first-order chi connectivity index (χ1) is 15.2. The lowest BCUT2D eigenvalue weighted by molar-refractivity contribution is -0.971. The summed E-state index contributed by atoms with van der Waals surface area (Å²) >= 11 is 0. The van der Waals surface area contributed by atoms with Crippen LogP contribution in [0.1, 0.15) is 0 Å². The molecule has 190 valence electrons. The number of halogens is 6. The number of hydroxylamine groups is 6. The minimum absolute atomic E-state index is 0.611. The zero-order chi connectivity index (χ0) is 25.8. The fourth-order valence-corrected chi connectivity index (χ4v) is 5.89. The Hall–Kier alpha value is -2.13. The predicted octanol–water partition coefficient (Wildman–Crippen LogP) is 0.0530. The van der Waals surface area contributed by atoms with Crippen LogP contribution in [0.4, 0.5) is 26.3 Å². The number of carbonyl (C=O) groups excluding carboxylic acids is 3. The highest BCUT2D eigenvalue weighted by Crippen LogP contribution is 2.59. The van der Waals surface area contributed by atoms with Gasteiger partial charge < -0.3 is 5.21 Å². The zero-order valence-corrected chi connectivity index (χ0v) is 17.5. The van der Waals surface area contributed by atoms with Crippen molar-refractivity contribution in [3.8, 4) is 0 Å². The zero-order valence-electron chi connectivity index (χ0n) is 15.9. The van der Waals surface area contributed by atoms with Crippen molar-refractivity contribution in [3.05, 3.63) is 17.4 Å². The number of amides is 3. The van der Waals surface area contributed by atoms with Crippen molar-refractivity contribution in [2.75, 3.05) is 6.54 Å². The molecule has 3 amide bonds. The van der Waals surface area contributed by atoms with E-state index < -0.39 is 101 Å². The Balaban J connectivity index is 1.66. The van der Waals surface area contributed by atoms with Gasteiger partial charge in [0, 0.05) is 11.8 Å². The van der Waals surface area contributed by atoms with E-state index in [9.17, 15) is 62.8 Å². The fraction of sp³-hybridized carbons (Fsp3) is 0.643. The molecule has 7 atom stereocenters. The fourth-order valence-electron chi connectivity index (χ4n) is 4.93. The van der Waals surface area contributed by atoms with E-state index in [1.807, 2.05) is 0 Å². The van der Waals surface area contributed by atoms with Crippen LogP contribution in [0.25, 0.3) is 0 Å². The number of hydrogen-bond acceptors (Lipinski definition) is 10. The van der Waals surface area contributed by atoms with Gasteiger partial charge in [-0.1, -0.05) is 16.4 Å². The van der Waals surface area contributed by atoms with Crippen molar-refractivity contribution < 1.29 is 70.9 Å². The molecule has 5 aliphatic rings. The largest absolute Gasteiger partial charge is 0.590 e. The molecular formula is C14H10F6N2O10S2.